The number of hydrogen-bond acceptors (Lipinski definition) is 3. The van der Waals surface area contributed by atoms with Gasteiger partial charge in [0.2, 0.25) is 0 Å². The van der Waals surface area contributed by atoms with Gasteiger partial charge in [0.05, 0.1) is 4.90 Å². The van der Waals surface area contributed by atoms with E-state index in [1.165, 1.54) is 12.1 Å². The molecule has 0 saturated heterocycles. The average molecular weight is 386 g/mol. The van der Waals surface area contributed by atoms with Gasteiger partial charge in [-0.15, -0.1) is 0 Å². The van der Waals surface area contributed by atoms with Gasteiger partial charge in [0.15, 0.2) is 0 Å². The summed E-state index contributed by atoms with van der Waals surface area (Å²) in [6.07, 6.45) is 0. The fraction of sp³-hybridized carbons (Fsp3) is 0. The van der Waals surface area contributed by atoms with Crippen molar-refractivity contribution in [3.05, 3.63) is 24.3 Å². The molecule has 0 radical (unpaired) electrons. The first-order valence-electron chi connectivity index (χ1n) is 2.77. The maximum atomic E-state index is 10.4. The van der Waals surface area contributed by atoms with Crippen LogP contribution in [-0.2, 0) is 10.1 Å². The van der Waals surface area contributed by atoms with Crippen LogP contribution < -0.4 is 0 Å². The zero-order chi connectivity index (χ0) is 8.48. The van der Waals surface area contributed by atoms with Gasteiger partial charge in [-0.25, -0.2) is 0 Å². The molecule has 0 spiro atoms. The van der Waals surface area contributed by atoms with Crippen molar-refractivity contribution in [2.24, 2.45) is 0 Å². The van der Waals surface area contributed by atoms with E-state index in [0.29, 0.717) is 0 Å². The van der Waals surface area contributed by atoms with E-state index in [-0.39, 0.29) is 36.8 Å². The Morgan fingerprint density at radius 2 is 1.50 bits per heavy atom. The molecule has 6 heteroatoms. The molecule has 0 aliphatic carbocycles. The fourth-order valence-electron chi connectivity index (χ4n) is 0.618. The van der Waals surface area contributed by atoms with Gasteiger partial charge in [0.1, 0.15) is 5.75 Å². The van der Waals surface area contributed by atoms with Crippen LogP contribution in [0, 0.1) is 0 Å². The second kappa shape index (κ2) is 4.16. The first kappa shape index (κ1) is 11.8. The predicted molar refractivity (Wildman–Crippen MR) is 47.9 cm³/mol. The maximum absolute atomic E-state index is 10.4. The van der Waals surface area contributed by atoms with E-state index >= 15 is 0 Å². The Morgan fingerprint density at radius 3 is 1.83 bits per heavy atom. The molecule has 12 heavy (non-hydrogen) atoms. The molecule has 0 unspecified atom stereocenters. The third kappa shape index (κ3) is 3.05. The molecule has 0 amide bonds. The van der Waals surface area contributed by atoms with Crippen molar-refractivity contribution >= 4 is 36.3 Å². The molecule has 4 nitrogen and oxygen atoms in total. The molecule has 1 aromatic rings. The summed E-state index contributed by atoms with van der Waals surface area (Å²) < 4.78 is 29.3. The molecule has 0 aliphatic rings. The number of benzene rings is 1. The molecular weight excluding hydrogens is 377 g/mol. The monoisotopic (exact) mass is 386 g/mol. The van der Waals surface area contributed by atoms with Crippen molar-refractivity contribution < 1.29 is 18.1 Å². The van der Waals surface area contributed by atoms with E-state index in [4.69, 9.17) is 9.66 Å². The zero-order valence-corrected chi connectivity index (χ0v) is 12.4. The van der Waals surface area contributed by atoms with Crippen LogP contribution in [0.15, 0.2) is 29.2 Å². The van der Waals surface area contributed by atoms with Gasteiger partial charge in [-0.3, -0.25) is 4.55 Å². The second-order valence-corrected chi connectivity index (χ2v) is 3.39. The van der Waals surface area contributed by atoms with Crippen LogP contribution in [0.4, 0.5) is 0 Å². The van der Waals surface area contributed by atoms with E-state index in [1.54, 1.807) is 0 Å². The molecule has 2 N–H and O–H groups in total. The van der Waals surface area contributed by atoms with E-state index in [1.807, 2.05) is 0 Å². The standard InChI is InChI=1S/C6H6O4S.Bi.3H/c7-5-1-3-6(4-2-5)11(8,9)10;;;;/h1-4,7H,(H,8,9,10);;;;. The summed E-state index contributed by atoms with van der Waals surface area (Å²) in [7, 11) is -4.13. The van der Waals surface area contributed by atoms with Crippen LogP contribution in [0.2, 0.25) is 0 Å². The first-order valence-corrected chi connectivity index (χ1v) is 4.21. The van der Waals surface area contributed by atoms with E-state index in [9.17, 15) is 8.42 Å². The predicted octanol–water partition coefficient (Wildman–Crippen LogP) is -0.545. The average Bonchev–Trinajstić information content (AvgIpc) is 1.86. The molecule has 0 saturated carbocycles. The third-order valence-corrected chi connectivity index (χ3v) is 2.00. The molecule has 68 valence electrons. The van der Waals surface area contributed by atoms with E-state index in [0.717, 1.165) is 12.1 Å². The van der Waals surface area contributed by atoms with Gasteiger partial charge in [0, 0.05) is 0 Å². The minimum atomic E-state index is -4.13. The first-order chi connectivity index (χ1) is 5.00. The number of rotatable bonds is 1. The molecule has 0 heterocycles. The van der Waals surface area contributed by atoms with Gasteiger partial charge in [0.25, 0.3) is 10.1 Å². The zero-order valence-electron chi connectivity index (χ0n) is 6.14. The Hall–Kier alpha value is -0.187. The third-order valence-electron chi connectivity index (χ3n) is 1.13. The van der Waals surface area contributed by atoms with Crippen LogP contribution in [0.1, 0.15) is 0 Å². The summed E-state index contributed by atoms with van der Waals surface area (Å²) in [6.45, 7) is 0. The van der Waals surface area contributed by atoms with Crippen molar-refractivity contribution in [1.29, 1.82) is 0 Å². The normalized spacial score (nSPS) is 10.4. The van der Waals surface area contributed by atoms with Crippen LogP contribution in [0.5, 0.6) is 5.75 Å². The quantitative estimate of drug-likeness (QED) is 0.502. The Balaban J connectivity index is 0.00000121. The summed E-state index contributed by atoms with van der Waals surface area (Å²) in [4.78, 5) is -0.227. The molecule has 0 aromatic heterocycles. The molecule has 0 aliphatic heterocycles. The molecular formula is C6H9BiO4S. The summed E-state index contributed by atoms with van der Waals surface area (Å²) in [6, 6.07) is 4.60. The summed E-state index contributed by atoms with van der Waals surface area (Å²) in [5, 5.41) is 8.75. The molecule has 0 fully saturated rings. The van der Waals surface area contributed by atoms with Crippen molar-refractivity contribution in [3.63, 3.8) is 0 Å². The van der Waals surface area contributed by atoms with Gasteiger partial charge < -0.3 is 5.11 Å². The second-order valence-electron chi connectivity index (χ2n) is 1.97. The van der Waals surface area contributed by atoms with Crippen molar-refractivity contribution in [3.8, 4) is 5.75 Å². The number of aromatic hydroxyl groups is 1. The molecule has 0 atom stereocenters. The summed E-state index contributed by atoms with van der Waals surface area (Å²) >= 11 is 0. The Morgan fingerprint density at radius 1 is 1.08 bits per heavy atom. The van der Waals surface area contributed by atoms with E-state index in [2.05, 4.69) is 0 Å². The number of phenolic OH excluding ortho intramolecular Hbond substituents is 1. The number of hydrogen-bond donors (Lipinski definition) is 2. The summed E-state index contributed by atoms with van der Waals surface area (Å²) in [5.41, 5.74) is 0. The van der Waals surface area contributed by atoms with Crippen molar-refractivity contribution in [1.82, 2.24) is 0 Å². The van der Waals surface area contributed by atoms with Crippen molar-refractivity contribution in [2.75, 3.05) is 0 Å². The molecule has 1 aromatic carbocycles. The van der Waals surface area contributed by atoms with Crippen molar-refractivity contribution in [2.45, 2.75) is 4.90 Å². The molecule has 0 bridgehead atoms. The Bertz CT molecular complexity index is 342. The fourth-order valence-corrected chi connectivity index (χ4v) is 1.10. The summed E-state index contributed by atoms with van der Waals surface area (Å²) in [5.74, 6) is -0.0441. The molecule has 1 rings (SSSR count). The van der Waals surface area contributed by atoms with Crippen LogP contribution in [0.25, 0.3) is 0 Å². The van der Waals surface area contributed by atoms with Gasteiger partial charge in [-0.2, -0.15) is 8.42 Å². The van der Waals surface area contributed by atoms with Crippen LogP contribution >= 0.6 is 0 Å². The van der Waals surface area contributed by atoms with Gasteiger partial charge >= 0.3 is 26.2 Å². The topological polar surface area (TPSA) is 74.6 Å². The Kier molecular flexibility index (Phi) is 4.10. The Labute approximate surface area is 89.1 Å². The SMILES string of the molecule is O=S(=O)(O)c1ccc(O)cc1.[BiH3]. The minimum absolute atomic E-state index is 0. The van der Waals surface area contributed by atoms with Crippen LogP contribution in [-0.4, -0.2) is 44.3 Å². The number of phenols is 1. The van der Waals surface area contributed by atoms with Gasteiger partial charge in [-0.05, 0) is 24.3 Å². The van der Waals surface area contributed by atoms with Gasteiger partial charge in [-0.1, -0.05) is 0 Å². The van der Waals surface area contributed by atoms with Crippen LogP contribution in [0.3, 0.4) is 0 Å². The van der Waals surface area contributed by atoms with E-state index < -0.39 is 10.1 Å².